The van der Waals surface area contributed by atoms with Crippen LogP contribution in [0.4, 0.5) is 11.4 Å². The molecule has 0 saturated heterocycles. The van der Waals surface area contributed by atoms with Crippen molar-refractivity contribution >= 4 is 37.3 Å². The fraction of sp³-hybridized carbons (Fsp3) is 0.400. The first kappa shape index (κ1) is 14.3. The summed E-state index contributed by atoms with van der Waals surface area (Å²) in [4.78, 5) is 0. The third-order valence-corrected chi connectivity index (χ3v) is 3.85. The molecule has 0 saturated carbocycles. The molecule has 0 radical (unpaired) electrons. The van der Waals surface area contributed by atoms with E-state index in [1.807, 2.05) is 6.92 Å². The van der Waals surface area contributed by atoms with Crippen LogP contribution in [0.2, 0.25) is 0 Å². The third-order valence-electron chi connectivity index (χ3n) is 1.96. The number of halogens is 1. The molecule has 5 nitrogen and oxygen atoms in total. The smallest absolute Gasteiger partial charge is 0.235 e. The van der Waals surface area contributed by atoms with Crippen LogP contribution in [-0.2, 0) is 14.8 Å². The van der Waals surface area contributed by atoms with E-state index in [0.29, 0.717) is 22.5 Å². The van der Waals surface area contributed by atoms with Crippen molar-refractivity contribution in [3.05, 3.63) is 22.7 Å². The molecule has 7 heteroatoms. The summed E-state index contributed by atoms with van der Waals surface area (Å²) in [5, 5.41) is 0. The first-order valence-electron chi connectivity index (χ1n) is 5.08. The summed E-state index contributed by atoms with van der Waals surface area (Å²) in [5.41, 5.74) is 6.59. The lowest BCUT2D eigenvalue weighted by molar-refractivity contribution is 0.163. The average Bonchev–Trinajstić information content (AvgIpc) is 2.22. The standard InChI is InChI=1S/C10H15BrN2O3S/c1-2-16-5-6-17(14,15)13-10-4-3-8(12)7-9(10)11/h3-4,7,13H,2,5-6,12H2,1H3. The van der Waals surface area contributed by atoms with E-state index in [0.717, 1.165) is 0 Å². The monoisotopic (exact) mass is 322 g/mol. The molecule has 0 spiro atoms. The van der Waals surface area contributed by atoms with Crippen LogP contribution in [-0.4, -0.2) is 27.4 Å². The van der Waals surface area contributed by atoms with Gasteiger partial charge in [-0.15, -0.1) is 0 Å². The molecule has 0 aliphatic heterocycles. The molecule has 0 atom stereocenters. The van der Waals surface area contributed by atoms with Gasteiger partial charge in [-0.25, -0.2) is 8.42 Å². The molecule has 0 bridgehead atoms. The number of benzene rings is 1. The topological polar surface area (TPSA) is 81.4 Å². The van der Waals surface area contributed by atoms with Crippen molar-refractivity contribution < 1.29 is 13.2 Å². The fourth-order valence-electron chi connectivity index (χ4n) is 1.15. The van der Waals surface area contributed by atoms with E-state index in [4.69, 9.17) is 10.5 Å². The van der Waals surface area contributed by atoms with E-state index in [1.54, 1.807) is 18.2 Å². The van der Waals surface area contributed by atoms with Crippen molar-refractivity contribution in [3.8, 4) is 0 Å². The van der Waals surface area contributed by atoms with Crippen LogP contribution >= 0.6 is 15.9 Å². The minimum Gasteiger partial charge on any atom is -0.399 e. The SMILES string of the molecule is CCOCCS(=O)(=O)Nc1ccc(N)cc1Br. The minimum atomic E-state index is -3.39. The second-order valence-electron chi connectivity index (χ2n) is 3.36. The number of nitrogen functional groups attached to an aromatic ring is 1. The molecular formula is C10H15BrN2O3S. The van der Waals surface area contributed by atoms with Crippen LogP contribution in [0.15, 0.2) is 22.7 Å². The number of nitrogens with one attached hydrogen (secondary N) is 1. The number of ether oxygens (including phenoxy) is 1. The summed E-state index contributed by atoms with van der Waals surface area (Å²) in [6.07, 6.45) is 0. The normalized spacial score (nSPS) is 11.4. The van der Waals surface area contributed by atoms with E-state index in [-0.39, 0.29) is 12.4 Å². The Kier molecular flexibility index (Phi) is 5.23. The zero-order valence-electron chi connectivity index (χ0n) is 9.44. The molecule has 0 amide bonds. The van der Waals surface area contributed by atoms with Gasteiger partial charge in [0.25, 0.3) is 0 Å². The predicted octanol–water partition coefficient (Wildman–Crippen LogP) is 1.81. The van der Waals surface area contributed by atoms with Crippen LogP contribution in [0, 0.1) is 0 Å². The molecule has 1 rings (SSSR count). The van der Waals surface area contributed by atoms with Crippen molar-refractivity contribution in [3.63, 3.8) is 0 Å². The number of sulfonamides is 1. The van der Waals surface area contributed by atoms with Gasteiger partial charge in [0.1, 0.15) is 0 Å². The van der Waals surface area contributed by atoms with Crippen LogP contribution in [0.1, 0.15) is 6.92 Å². The highest BCUT2D eigenvalue weighted by Crippen LogP contribution is 2.25. The van der Waals surface area contributed by atoms with Gasteiger partial charge in [0.15, 0.2) is 0 Å². The first-order chi connectivity index (χ1) is 7.94. The van der Waals surface area contributed by atoms with Gasteiger partial charge in [-0.1, -0.05) is 0 Å². The minimum absolute atomic E-state index is 0.0718. The molecule has 0 aliphatic rings. The fourth-order valence-corrected chi connectivity index (χ4v) is 2.72. The van der Waals surface area contributed by atoms with E-state index in [1.165, 1.54) is 0 Å². The van der Waals surface area contributed by atoms with E-state index >= 15 is 0 Å². The third kappa shape index (κ3) is 4.93. The summed E-state index contributed by atoms with van der Waals surface area (Å²) in [7, 11) is -3.39. The second-order valence-corrected chi connectivity index (χ2v) is 6.05. The largest absolute Gasteiger partial charge is 0.399 e. The molecule has 96 valence electrons. The second kappa shape index (κ2) is 6.23. The van der Waals surface area contributed by atoms with Crippen LogP contribution in [0.25, 0.3) is 0 Å². The highest BCUT2D eigenvalue weighted by molar-refractivity contribution is 9.10. The van der Waals surface area contributed by atoms with Gasteiger partial charge in [0.2, 0.25) is 10.0 Å². The summed E-state index contributed by atoms with van der Waals surface area (Å²) in [5.74, 6) is -0.0718. The van der Waals surface area contributed by atoms with Crippen LogP contribution in [0.5, 0.6) is 0 Å². The summed E-state index contributed by atoms with van der Waals surface area (Å²) in [6.45, 7) is 2.50. The van der Waals surface area contributed by atoms with E-state index in [9.17, 15) is 8.42 Å². The summed E-state index contributed by atoms with van der Waals surface area (Å²) < 4.78 is 31.4. The Morgan fingerprint density at radius 3 is 2.76 bits per heavy atom. The van der Waals surface area contributed by atoms with Crippen LogP contribution in [0.3, 0.4) is 0 Å². The number of rotatable bonds is 6. The highest BCUT2D eigenvalue weighted by atomic mass is 79.9. The highest BCUT2D eigenvalue weighted by Gasteiger charge is 2.12. The van der Waals surface area contributed by atoms with Gasteiger partial charge in [-0.2, -0.15) is 0 Å². The maximum atomic E-state index is 11.7. The molecule has 0 fully saturated rings. The lowest BCUT2D eigenvalue weighted by Crippen LogP contribution is -2.20. The molecule has 0 unspecified atom stereocenters. The molecule has 1 aromatic rings. The molecule has 17 heavy (non-hydrogen) atoms. The lowest BCUT2D eigenvalue weighted by atomic mass is 10.3. The number of hydrogen-bond donors (Lipinski definition) is 2. The number of anilines is 2. The Bertz CT molecular complexity index is 476. The molecule has 0 aromatic heterocycles. The van der Waals surface area contributed by atoms with Gasteiger partial charge < -0.3 is 10.5 Å². The van der Waals surface area contributed by atoms with Gasteiger partial charge in [0.05, 0.1) is 18.0 Å². The molecule has 0 aliphatic carbocycles. The van der Waals surface area contributed by atoms with Gasteiger partial charge >= 0.3 is 0 Å². The Morgan fingerprint density at radius 1 is 1.47 bits per heavy atom. The maximum Gasteiger partial charge on any atom is 0.235 e. The molecule has 0 heterocycles. The molecule has 1 aromatic carbocycles. The van der Waals surface area contributed by atoms with Gasteiger partial charge in [-0.05, 0) is 41.1 Å². The van der Waals surface area contributed by atoms with Crippen molar-refractivity contribution in [2.24, 2.45) is 0 Å². The van der Waals surface area contributed by atoms with Crippen molar-refractivity contribution in [2.45, 2.75) is 6.92 Å². The predicted molar refractivity (Wildman–Crippen MR) is 72.5 cm³/mol. The van der Waals surface area contributed by atoms with E-state index in [2.05, 4.69) is 20.7 Å². The Labute approximate surface area is 110 Å². The number of nitrogens with two attached hydrogens (primary N) is 1. The van der Waals surface area contributed by atoms with Gasteiger partial charge in [0, 0.05) is 16.8 Å². The first-order valence-corrected chi connectivity index (χ1v) is 7.52. The zero-order valence-corrected chi connectivity index (χ0v) is 11.8. The van der Waals surface area contributed by atoms with E-state index < -0.39 is 10.0 Å². The lowest BCUT2D eigenvalue weighted by Gasteiger charge is -2.10. The summed E-state index contributed by atoms with van der Waals surface area (Å²) >= 11 is 3.24. The molecular weight excluding hydrogens is 308 g/mol. The summed E-state index contributed by atoms with van der Waals surface area (Å²) in [6, 6.07) is 4.88. The maximum absolute atomic E-state index is 11.7. The average molecular weight is 323 g/mol. The number of hydrogen-bond acceptors (Lipinski definition) is 4. The Hall–Kier alpha value is -0.790. The Balaban J connectivity index is 2.69. The van der Waals surface area contributed by atoms with Crippen molar-refractivity contribution in [1.82, 2.24) is 0 Å². The zero-order chi connectivity index (χ0) is 12.9. The van der Waals surface area contributed by atoms with Crippen molar-refractivity contribution in [2.75, 3.05) is 29.4 Å². The van der Waals surface area contributed by atoms with Gasteiger partial charge in [-0.3, -0.25) is 4.72 Å². The van der Waals surface area contributed by atoms with Crippen molar-refractivity contribution in [1.29, 1.82) is 0 Å². The molecule has 3 N–H and O–H groups in total. The quantitative estimate of drug-likeness (QED) is 0.618. The van der Waals surface area contributed by atoms with Crippen LogP contribution < -0.4 is 10.5 Å². The Morgan fingerprint density at radius 2 is 2.18 bits per heavy atom.